The van der Waals surface area contributed by atoms with Crippen LogP contribution < -0.4 is 21.9 Å². The van der Waals surface area contributed by atoms with Gasteiger partial charge in [0.2, 0.25) is 0 Å². The number of nitrogens with two attached hydrogens (primary N) is 1. The van der Waals surface area contributed by atoms with Gasteiger partial charge in [-0.1, -0.05) is 13.8 Å². The van der Waals surface area contributed by atoms with Crippen molar-refractivity contribution in [2.75, 3.05) is 30.9 Å². The third-order valence-electron chi connectivity index (χ3n) is 3.96. The Labute approximate surface area is 159 Å². The van der Waals surface area contributed by atoms with E-state index < -0.39 is 34.4 Å². The van der Waals surface area contributed by atoms with E-state index in [0.717, 1.165) is 21.6 Å². The van der Waals surface area contributed by atoms with Crippen LogP contribution in [0.15, 0.2) is 27.8 Å². The van der Waals surface area contributed by atoms with E-state index in [0.29, 0.717) is 6.07 Å². The molecule has 1 aromatic heterocycles. The lowest BCUT2D eigenvalue weighted by atomic mass is 10.1. The van der Waals surface area contributed by atoms with Crippen molar-refractivity contribution in [1.82, 2.24) is 9.55 Å². The average molecular weight is 396 g/mol. The van der Waals surface area contributed by atoms with Crippen molar-refractivity contribution in [1.29, 1.82) is 0 Å². The minimum absolute atomic E-state index is 0.0107. The molecule has 0 aliphatic rings. The fourth-order valence-electron chi connectivity index (χ4n) is 2.69. The van der Waals surface area contributed by atoms with Crippen LogP contribution in [0, 0.1) is 17.6 Å². The van der Waals surface area contributed by atoms with Gasteiger partial charge in [0.1, 0.15) is 17.5 Å². The lowest BCUT2D eigenvalue weighted by molar-refractivity contribution is 0.0971. The zero-order chi connectivity index (χ0) is 21.0. The van der Waals surface area contributed by atoms with Crippen LogP contribution in [0.2, 0.25) is 0 Å². The average Bonchev–Trinajstić information content (AvgIpc) is 2.60. The van der Waals surface area contributed by atoms with Gasteiger partial charge in [-0.2, -0.15) is 0 Å². The number of carbonyl (C=O) groups excluding carboxylic acids is 1. The van der Waals surface area contributed by atoms with Gasteiger partial charge in [-0.15, -0.1) is 0 Å². The SMILES string of the molecule is COCCN(C(=O)c1ccc(F)cc1F)c1c(N)n(CC(C)C)c(=O)[nH]c1=O. The molecule has 0 bridgehead atoms. The maximum atomic E-state index is 14.1. The number of nitrogens with zero attached hydrogens (tertiary/aromatic N) is 2. The Bertz CT molecular complexity index is 985. The molecule has 152 valence electrons. The molecular formula is C18H22F2N4O4. The highest BCUT2D eigenvalue weighted by Crippen LogP contribution is 2.21. The van der Waals surface area contributed by atoms with Crippen molar-refractivity contribution >= 4 is 17.4 Å². The quantitative estimate of drug-likeness (QED) is 0.734. The Kier molecular flexibility index (Phi) is 6.68. The highest BCUT2D eigenvalue weighted by atomic mass is 19.1. The molecule has 0 unspecified atom stereocenters. The van der Waals surface area contributed by atoms with Gasteiger partial charge in [0.25, 0.3) is 11.5 Å². The molecule has 3 N–H and O–H groups in total. The van der Waals surface area contributed by atoms with E-state index in [9.17, 15) is 23.2 Å². The van der Waals surface area contributed by atoms with Crippen LogP contribution in [0.25, 0.3) is 0 Å². The van der Waals surface area contributed by atoms with E-state index in [1.54, 1.807) is 0 Å². The molecule has 2 rings (SSSR count). The van der Waals surface area contributed by atoms with Crippen LogP contribution >= 0.6 is 0 Å². The second kappa shape index (κ2) is 8.79. The second-order valence-electron chi connectivity index (χ2n) is 6.57. The zero-order valence-electron chi connectivity index (χ0n) is 15.8. The van der Waals surface area contributed by atoms with Crippen molar-refractivity contribution in [2.45, 2.75) is 20.4 Å². The number of H-pyrrole nitrogens is 1. The Morgan fingerprint density at radius 3 is 2.57 bits per heavy atom. The van der Waals surface area contributed by atoms with Crippen LogP contribution in [-0.4, -0.2) is 35.7 Å². The minimum atomic E-state index is -1.09. The molecule has 1 amide bonds. The number of methoxy groups -OCH3 is 1. The zero-order valence-corrected chi connectivity index (χ0v) is 15.8. The minimum Gasteiger partial charge on any atom is -0.383 e. The molecule has 28 heavy (non-hydrogen) atoms. The van der Waals surface area contributed by atoms with E-state index in [4.69, 9.17) is 10.5 Å². The van der Waals surface area contributed by atoms with Crippen molar-refractivity contribution in [3.8, 4) is 0 Å². The summed E-state index contributed by atoms with van der Waals surface area (Å²) in [5.74, 6) is -3.05. The largest absolute Gasteiger partial charge is 0.383 e. The Morgan fingerprint density at radius 2 is 2.00 bits per heavy atom. The molecule has 0 aliphatic carbocycles. The van der Waals surface area contributed by atoms with Gasteiger partial charge in [0, 0.05) is 26.3 Å². The van der Waals surface area contributed by atoms with Crippen molar-refractivity contribution in [3.05, 3.63) is 56.2 Å². The van der Waals surface area contributed by atoms with E-state index in [1.807, 2.05) is 13.8 Å². The summed E-state index contributed by atoms with van der Waals surface area (Å²) in [7, 11) is 1.38. The van der Waals surface area contributed by atoms with Crippen LogP contribution in [0.4, 0.5) is 20.3 Å². The van der Waals surface area contributed by atoms with Crippen LogP contribution in [0.3, 0.4) is 0 Å². The number of anilines is 2. The fourth-order valence-corrected chi connectivity index (χ4v) is 2.69. The summed E-state index contributed by atoms with van der Waals surface area (Å²) >= 11 is 0. The van der Waals surface area contributed by atoms with Gasteiger partial charge < -0.3 is 10.5 Å². The highest BCUT2D eigenvalue weighted by molar-refractivity contribution is 6.07. The number of benzene rings is 1. The first-order valence-corrected chi connectivity index (χ1v) is 8.55. The Hall–Kier alpha value is -3.01. The molecule has 1 aromatic carbocycles. The first-order chi connectivity index (χ1) is 13.2. The first-order valence-electron chi connectivity index (χ1n) is 8.55. The number of carbonyl (C=O) groups is 1. The predicted molar refractivity (Wildman–Crippen MR) is 100 cm³/mol. The molecular weight excluding hydrogens is 374 g/mol. The summed E-state index contributed by atoms with van der Waals surface area (Å²) in [5, 5.41) is 0. The van der Waals surface area contributed by atoms with E-state index in [-0.39, 0.29) is 37.1 Å². The molecule has 0 radical (unpaired) electrons. The monoisotopic (exact) mass is 396 g/mol. The summed E-state index contributed by atoms with van der Waals surface area (Å²) in [6, 6.07) is 2.47. The van der Waals surface area contributed by atoms with Gasteiger partial charge >= 0.3 is 5.69 Å². The number of hydrogen-bond donors (Lipinski definition) is 2. The molecule has 0 saturated heterocycles. The first kappa shape index (κ1) is 21.3. The van der Waals surface area contributed by atoms with E-state index in [1.165, 1.54) is 7.11 Å². The topological polar surface area (TPSA) is 110 Å². The van der Waals surface area contributed by atoms with Crippen LogP contribution in [-0.2, 0) is 11.3 Å². The smallest absolute Gasteiger partial charge is 0.330 e. The lowest BCUT2D eigenvalue weighted by Gasteiger charge is -2.25. The summed E-state index contributed by atoms with van der Waals surface area (Å²) in [6.07, 6.45) is 0. The molecule has 1 heterocycles. The molecule has 0 aliphatic heterocycles. The highest BCUT2D eigenvalue weighted by Gasteiger charge is 2.27. The number of halogens is 2. The van der Waals surface area contributed by atoms with Crippen molar-refractivity contribution in [3.63, 3.8) is 0 Å². The molecule has 0 saturated carbocycles. The number of hydrogen-bond acceptors (Lipinski definition) is 5. The van der Waals surface area contributed by atoms with Gasteiger partial charge in [0.05, 0.1) is 12.2 Å². The number of rotatable bonds is 7. The maximum absolute atomic E-state index is 14.1. The van der Waals surface area contributed by atoms with Gasteiger partial charge in [-0.3, -0.25) is 24.0 Å². The molecule has 0 spiro atoms. The number of nitrogen functional groups attached to an aromatic ring is 1. The number of amides is 1. The van der Waals surface area contributed by atoms with Gasteiger partial charge in [-0.25, -0.2) is 13.6 Å². The standard InChI is InChI=1S/C18H22F2N4O4/c1-10(2)9-24-15(21)14(16(25)22-18(24)27)23(6-7-28-3)17(26)12-5-4-11(19)8-13(12)20/h4-5,8,10H,6-7,9,21H2,1-3H3,(H,22,25,27). The summed E-state index contributed by atoms with van der Waals surface area (Å²) in [5.41, 5.74) is 3.68. The van der Waals surface area contributed by atoms with E-state index >= 15 is 0 Å². The summed E-state index contributed by atoms with van der Waals surface area (Å²) in [4.78, 5) is 40.5. The number of ether oxygens (including phenoxy) is 1. The second-order valence-corrected chi connectivity index (χ2v) is 6.57. The number of nitrogens with one attached hydrogen (secondary N) is 1. The number of aromatic nitrogens is 2. The third-order valence-corrected chi connectivity index (χ3v) is 3.96. The molecule has 2 aromatic rings. The third kappa shape index (κ3) is 4.45. The molecule has 0 fully saturated rings. The molecule has 10 heteroatoms. The Balaban J connectivity index is 2.64. The Morgan fingerprint density at radius 1 is 1.32 bits per heavy atom. The predicted octanol–water partition coefficient (Wildman–Crippen LogP) is 1.35. The number of aromatic amines is 1. The molecule has 0 atom stereocenters. The van der Waals surface area contributed by atoms with Gasteiger partial charge in [-0.05, 0) is 18.1 Å². The van der Waals surface area contributed by atoms with Gasteiger partial charge in [0.15, 0.2) is 5.69 Å². The summed E-state index contributed by atoms with van der Waals surface area (Å²) in [6.45, 7) is 3.76. The fraction of sp³-hybridized carbons (Fsp3) is 0.389. The van der Waals surface area contributed by atoms with Crippen molar-refractivity contribution < 1.29 is 18.3 Å². The normalized spacial score (nSPS) is 11.1. The van der Waals surface area contributed by atoms with Crippen LogP contribution in [0.1, 0.15) is 24.2 Å². The lowest BCUT2D eigenvalue weighted by Crippen LogP contribution is -2.43. The maximum Gasteiger partial charge on any atom is 0.330 e. The van der Waals surface area contributed by atoms with Crippen molar-refractivity contribution in [2.24, 2.45) is 5.92 Å². The summed E-state index contributed by atoms with van der Waals surface area (Å²) < 4.78 is 33.4. The van der Waals surface area contributed by atoms with Crippen LogP contribution in [0.5, 0.6) is 0 Å². The van der Waals surface area contributed by atoms with E-state index in [2.05, 4.69) is 4.98 Å². The molecule has 8 nitrogen and oxygen atoms in total.